The summed E-state index contributed by atoms with van der Waals surface area (Å²) >= 11 is 5.32. The second-order valence-corrected chi connectivity index (χ2v) is 6.80. The van der Waals surface area contributed by atoms with E-state index in [1.54, 1.807) is 6.20 Å². The highest BCUT2D eigenvalue weighted by molar-refractivity contribution is 9.10. The molecule has 0 saturated carbocycles. The van der Waals surface area contributed by atoms with Gasteiger partial charge in [0.05, 0.1) is 0 Å². The van der Waals surface area contributed by atoms with Crippen LogP contribution in [0, 0.1) is 6.92 Å². The Balaban J connectivity index is 1.83. The number of halogens is 1. The minimum Gasteiger partial charge on any atom is -0.310 e. The summed E-state index contributed by atoms with van der Waals surface area (Å²) in [7, 11) is 0. The first-order valence-corrected chi connectivity index (χ1v) is 7.62. The van der Waals surface area contributed by atoms with E-state index in [-0.39, 0.29) is 0 Å². The molecule has 1 unspecified atom stereocenters. The molecule has 1 atom stereocenters. The van der Waals surface area contributed by atoms with E-state index in [1.807, 2.05) is 17.5 Å². The van der Waals surface area contributed by atoms with Gasteiger partial charge in [0.2, 0.25) is 0 Å². The van der Waals surface area contributed by atoms with E-state index in [4.69, 9.17) is 0 Å². The molecule has 0 aromatic carbocycles. The summed E-state index contributed by atoms with van der Waals surface area (Å²) in [5.74, 6) is 0. The van der Waals surface area contributed by atoms with Gasteiger partial charge in [-0.25, -0.2) is 0 Å². The Morgan fingerprint density at radius 2 is 2.22 bits per heavy atom. The van der Waals surface area contributed by atoms with Crippen molar-refractivity contribution in [3.63, 3.8) is 0 Å². The third-order valence-corrected chi connectivity index (χ3v) is 4.18. The lowest BCUT2D eigenvalue weighted by Crippen LogP contribution is -2.27. The largest absolute Gasteiger partial charge is 0.310 e. The summed E-state index contributed by atoms with van der Waals surface area (Å²) < 4.78 is 1.03. The molecule has 0 radical (unpaired) electrons. The van der Waals surface area contributed by atoms with E-state index in [9.17, 15) is 0 Å². The van der Waals surface area contributed by atoms with Crippen LogP contribution in [-0.2, 0) is 13.0 Å². The van der Waals surface area contributed by atoms with Gasteiger partial charge in [-0.1, -0.05) is 0 Å². The Labute approximate surface area is 121 Å². The lowest BCUT2D eigenvalue weighted by molar-refractivity contribution is 0.548. The molecule has 0 aliphatic rings. The summed E-state index contributed by atoms with van der Waals surface area (Å²) in [6.07, 6.45) is 4.79. The third kappa shape index (κ3) is 4.19. The molecule has 0 aliphatic carbocycles. The maximum atomic E-state index is 4.16. The quantitative estimate of drug-likeness (QED) is 0.901. The topological polar surface area (TPSA) is 24.9 Å². The molecule has 0 aliphatic heterocycles. The number of pyridine rings is 1. The number of hydrogen-bond acceptors (Lipinski definition) is 3. The molecule has 1 N–H and O–H groups in total. The molecule has 0 amide bonds. The molecule has 18 heavy (non-hydrogen) atoms. The van der Waals surface area contributed by atoms with Crippen molar-refractivity contribution in [3.05, 3.63) is 50.4 Å². The molecule has 96 valence electrons. The Hall–Kier alpha value is -0.710. The van der Waals surface area contributed by atoms with Crippen LogP contribution in [-0.4, -0.2) is 11.0 Å². The lowest BCUT2D eigenvalue weighted by atomic mass is 10.2. The summed E-state index contributed by atoms with van der Waals surface area (Å²) in [4.78, 5) is 6.99. The zero-order valence-corrected chi connectivity index (χ0v) is 13.0. The zero-order chi connectivity index (χ0) is 13.0. The van der Waals surface area contributed by atoms with E-state index in [2.05, 4.69) is 58.3 Å². The van der Waals surface area contributed by atoms with E-state index < -0.39 is 0 Å². The highest BCUT2D eigenvalue weighted by Crippen LogP contribution is 2.17. The van der Waals surface area contributed by atoms with Crippen molar-refractivity contribution >= 4 is 27.3 Å². The summed E-state index contributed by atoms with van der Waals surface area (Å²) in [5, 5.41) is 3.53. The molecule has 2 aromatic heterocycles. The van der Waals surface area contributed by atoms with Crippen molar-refractivity contribution < 1.29 is 0 Å². The van der Waals surface area contributed by atoms with Gasteiger partial charge < -0.3 is 5.32 Å². The van der Waals surface area contributed by atoms with Gasteiger partial charge in [-0.2, -0.15) is 0 Å². The average molecular weight is 325 g/mol. The molecule has 2 nitrogen and oxygen atoms in total. The van der Waals surface area contributed by atoms with Gasteiger partial charge in [0, 0.05) is 39.2 Å². The number of nitrogens with one attached hydrogen (secondary N) is 1. The fourth-order valence-electron chi connectivity index (χ4n) is 1.81. The first-order valence-electron chi connectivity index (χ1n) is 6.01. The molecule has 4 heteroatoms. The van der Waals surface area contributed by atoms with Crippen molar-refractivity contribution in [1.29, 1.82) is 0 Å². The smallest absolute Gasteiger partial charge is 0.0410 e. The van der Waals surface area contributed by atoms with E-state index in [0.29, 0.717) is 6.04 Å². The molecule has 0 bridgehead atoms. The normalized spacial score (nSPS) is 12.6. The number of thiophene rings is 1. The van der Waals surface area contributed by atoms with Gasteiger partial charge in [0.1, 0.15) is 0 Å². The first kappa shape index (κ1) is 13.7. The Kier molecular flexibility index (Phi) is 4.92. The van der Waals surface area contributed by atoms with Crippen molar-refractivity contribution in [1.82, 2.24) is 10.3 Å². The molecule has 2 heterocycles. The van der Waals surface area contributed by atoms with Gasteiger partial charge in [0.25, 0.3) is 0 Å². The fraction of sp³-hybridized carbons (Fsp3) is 0.357. The SMILES string of the molecule is Cc1ccc(CC(C)NCc2cncc(Br)c2)s1. The van der Waals surface area contributed by atoms with Crippen LogP contribution in [0.3, 0.4) is 0 Å². The van der Waals surface area contributed by atoms with Crippen LogP contribution in [0.25, 0.3) is 0 Å². The van der Waals surface area contributed by atoms with Crippen molar-refractivity contribution in [2.45, 2.75) is 32.9 Å². The van der Waals surface area contributed by atoms with Gasteiger partial charge in [-0.05, 0) is 60.0 Å². The molecular weight excluding hydrogens is 308 g/mol. The Morgan fingerprint density at radius 1 is 1.39 bits per heavy atom. The van der Waals surface area contributed by atoms with Crippen LogP contribution in [0.15, 0.2) is 35.1 Å². The third-order valence-electron chi connectivity index (χ3n) is 2.72. The average Bonchev–Trinajstić information content (AvgIpc) is 2.72. The molecule has 2 rings (SSSR count). The monoisotopic (exact) mass is 324 g/mol. The van der Waals surface area contributed by atoms with Crippen molar-refractivity contribution in [2.24, 2.45) is 0 Å². The van der Waals surface area contributed by atoms with Gasteiger partial charge in [-0.15, -0.1) is 11.3 Å². The molecule has 0 spiro atoms. The molecular formula is C14H17BrN2S. The highest BCUT2D eigenvalue weighted by Gasteiger charge is 2.05. The Morgan fingerprint density at radius 3 is 2.89 bits per heavy atom. The van der Waals surface area contributed by atoms with Crippen molar-refractivity contribution in [2.75, 3.05) is 0 Å². The minimum atomic E-state index is 0.474. The van der Waals surface area contributed by atoms with Crippen LogP contribution < -0.4 is 5.32 Å². The maximum Gasteiger partial charge on any atom is 0.0410 e. The summed E-state index contributed by atoms with van der Waals surface area (Å²) in [6.45, 7) is 5.23. The van der Waals surface area contributed by atoms with Crippen molar-refractivity contribution in [3.8, 4) is 0 Å². The van der Waals surface area contributed by atoms with Crippen LogP contribution in [0.2, 0.25) is 0 Å². The predicted molar refractivity (Wildman–Crippen MR) is 81.0 cm³/mol. The second kappa shape index (κ2) is 6.45. The predicted octanol–water partition coefficient (Wildman–Crippen LogP) is 3.93. The number of nitrogens with zero attached hydrogens (tertiary/aromatic N) is 1. The van der Waals surface area contributed by atoms with E-state index in [0.717, 1.165) is 17.4 Å². The van der Waals surface area contributed by atoms with Crippen LogP contribution in [0.1, 0.15) is 22.2 Å². The number of aromatic nitrogens is 1. The first-order chi connectivity index (χ1) is 8.63. The number of rotatable bonds is 5. The van der Waals surface area contributed by atoms with E-state index in [1.165, 1.54) is 15.3 Å². The molecule has 0 fully saturated rings. The number of hydrogen-bond donors (Lipinski definition) is 1. The summed E-state index contributed by atoms with van der Waals surface area (Å²) in [6, 6.07) is 6.98. The number of aryl methyl sites for hydroxylation is 1. The standard InChI is InChI=1S/C14H17BrN2S/c1-10(5-14-4-3-11(2)18-14)17-8-12-6-13(15)9-16-7-12/h3-4,6-7,9-10,17H,5,8H2,1-2H3. The Bertz CT molecular complexity index is 510. The van der Waals surface area contributed by atoms with Crippen LogP contribution in [0.4, 0.5) is 0 Å². The van der Waals surface area contributed by atoms with Gasteiger partial charge >= 0.3 is 0 Å². The fourth-order valence-corrected chi connectivity index (χ4v) is 3.24. The highest BCUT2D eigenvalue weighted by atomic mass is 79.9. The van der Waals surface area contributed by atoms with Gasteiger partial charge in [-0.3, -0.25) is 4.98 Å². The lowest BCUT2D eigenvalue weighted by Gasteiger charge is -2.12. The molecule has 2 aromatic rings. The van der Waals surface area contributed by atoms with E-state index >= 15 is 0 Å². The maximum absolute atomic E-state index is 4.16. The minimum absolute atomic E-state index is 0.474. The van der Waals surface area contributed by atoms with Crippen LogP contribution >= 0.6 is 27.3 Å². The van der Waals surface area contributed by atoms with Crippen LogP contribution in [0.5, 0.6) is 0 Å². The zero-order valence-electron chi connectivity index (χ0n) is 10.6. The molecule has 0 saturated heterocycles. The summed E-state index contributed by atoms with van der Waals surface area (Å²) in [5.41, 5.74) is 1.21. The van der Waals surface area contributed by atoms with Gasteiger partial charge in [0.15, 0.2) is 0 Å². The second-order valence-electron chi connectivity index (χ2n) is 4.51.